The van der Waals surface area contributed by atoms with Gasteiger partial charge in [-0.3, -0.25) is 4.79 Å². The highest BCUT2D eigenvalue weighted by Gasteiger charge is 2.26. The van der Waals surface area contributed by atoms with Crippen molar-refractivity contribution in [1.29, 1.82) is 0 Å². The number of carboxylic acid groups (broad SMARTS) is 1. The van der Waals surface area contributed by atoms with Gasteiger partial charge in [-0.25, -0.2) is 4.79 Å². The van der Waals surface area contributed by atoms with Crippen LogP contribution in [0.25, 0.3) is 6.08 Å². The molecule has 5 nitrogen and oxygen atoms in total. The van der Waals surface area contributed by atoms with Gasteiger partial charge in [-0.15, -0.1) is 0 Å². The number of aliphatic imine (C=N–C) groups is 1. The lowest BCUT2D eigenvalue weighted by Crippen LogP contribution is -2.24. The first kappa shape index (κ1) is 17.4. The molecule has 25 heavy (non-hydrogen) atoms. The second-order valence-electron chi connectivity index (χ2n) is 5.24. The molecule has 2 aromatic rings. The van der Waals surface area contributed by atoms with Crippen molar-refractivity contribution >= 4 is 56.5 Å². The molecule has 1 aliphatic rings. The number of hydrogen-bond donors (Lipinski definition) is 1. The summed E-state index contributed by atoms with van der Waals surface area (Å²) < 4.78 is 0.960. The molecule has 7 heteroatoms. The van der Waals surface area contributed by atoms with Crippen molar-refractivity contribution in [2.75, 3.05) is 11.9 Å². The van der Waals surface area contributed by atoms with Crippen molar-refractivity contribution in [3.63, 3.8) is 0 Å². The Morgan fingerprint density at radius 3 is 2.56 bits per heavy atom. The minimum Gasteiger partial charge on any atom is -0.478 e. The van der Waals surface area contributed by atoms with E-state index in [2.05, 4.69) is 20.9 Å². The number of para-hydroxylation sites is 1. The Hall–Kier alpha value is -2.38. The Bertz CT molecular complexity index is 907. The van der Waals surface area contributed by atoms with Crippen LogP contribution in [0.2, 0.25) is 0 Å². The summed E-state index contributed by atoms with van der Waals surface area (Å²) >= 11 is 4.60. The zero-order chi connectivity index (χ0) is 18.0. The van der Waals surface area contributed by atoms with Gasteiger partial charge in [0.1, 0.15) is 0 Å². The number of carbonyl (C=O) groups is 2. The zero-order valence-electron chi connectivity index (χ0n) is 13.1. The highest BCUT2D eigenvalue weighted by molar-refractivity contribution is 9.10. The van der Waals surface area contributed by atoms with E-state index in [-0.39, 0.29) is 11.5 Å². The van der Waals surface area contributed by atoms with Gasteiger partial charge in [-0.1, -0.05) is 40.2 Å². The number of carbonyl (C=O) groups excluding carboxylic acids is 1. The SMILES string of the molecule is CN(C1=NC(=O)/C(=C/c2ccc(Br)cc2)S1)c1ccccc1C(=O)O. The molecule has 1 aliphatic heterocycles. The third kappa shape index (κ3) is 3.83. The Labute approximate surface area is 157 Å². The lowest BCUT2D eigenvalue weighted by Gasteiger charge is -2.19. The van der Waals surface area contributed by atoms with Crippen molar-refractivity contribution < 1.29 is 14.7 Å². The van der Waals surface area contributed by atoms with Crippen LogP contribution in [0.1, 0.15) is 15.9 Å². The molecule has 0 unspecified atom stereocenters. The number of rotatable bonds is 3. The van der Waals surface area contributed by atoms with Gasteiger partial charge in [-0.05, 0) is 47.7 Å². The summed E-state index contributed by atoms with van der Waals surface area (Å²) in [5, 5.41) is 9.77. The quantitative estimate of drug-likeness (QED) is 0.757. The molecular formula is C18H13BrN2O3S. The predicted octanol–water partition coefficient (Wildman–Crippen LogP) is 4.25. The molecule has 1 heterocycles. The van der Waals surface area contributed by atoms with Crippen molar-refractivity contribution in [1.82, 2.24) is 0 Å². The van der Waals surface area contributed by atoms with Gasteiger partial charge in [-0.2, -0.15) is 4.99 Å². The molecule has 0 aromatic heterocycles. The van der Waals surface area contributed by atoms with Gasteiger partial charge in [0, 0.05) is 11.5 Å². The topological polar surface area (TPSA) is 70.0 Å². The zero-order valence-corrected chi connectivity index (χ0v) is 15.5. The van der Waals surface area contributed by atoms with E-state index in [0.29, 0.717) is 15.8 Å². The smallest absolute Gasteiger partial charge is 0.337 e. The summed E-state index contributed by atoms with van der Waals surface area (Å²) in [6, 6.07) is 14.2. The Morgan fingerprint density at radius 2 is 1.88 bits per heavy atom. The molecule has 0 aliphatic carbocycles. The van der Waals surface area contributed by atoms with Gasteiger partial charge in [0.25, 0.3) is 5.91 Å². The average molecular weight is 417 g/mol. The lowest BCUT2D eigenvalue weighted by molar-refractivity contribution is -0.113. The van der Waals surface area contributed by atoms with Crippen LogP contribution < -0.4 is 4.90 Å². The van der Waals surface area contributed by atoms with Gasteiger partial charge in [0.15, 0.2) is 5.17 Å². The summed E-state index contributed by atoms with van der Waals surface area (Å²) in [5.74, 6) is -1.36. The molecule has 0 fully saturated rings. The number of thioether (sulfide) groups is 1. The summed E-state index contributed by atoms with van der Waals surface area (Å²) in [7, 11) is 1.70. The number of halogens is 1. The van der Waals surface area contributed by atoms with Crippen LogP contribution in [-0.2, 0) is 4.79 Å². The maximum absolute atomic E-state index is 12.2. The minimum absolute atomic E-state index is 0.158. The van der Waals surface area contributed by atoms with E-state index >= 15 is 0 Å². The van der Waals surface area contributed by atoms with E-state index in [0.717, 1.165) is 10.0 Å². The maximum atomic E-state index is 12.2. The van der Waals surface area contributed by atoms with Crippen LogP contribution in [0.5, 0.6) is 0 Å². The third-order valence-corrected chi connectivity index (χ3v) is 5.15. The van der Waals surface area contributed by atoms with E-state index in [1.54, 1.807) is 36.2 Å². The van der Waals surface area contributed by atoms with E-state index in [1.165, 1.54) is 17.8 Å². The maximum Gasteiger partial charge on any atom is 0.337 e. The number of nitrogens with zero attached hydrogens (tertiary/aromatic N) is 2. The molecule has 0 saturated heterocycles. The number of hydrogen-bond acceptors (Lipinski definition) is 4. The molecule has 3 rings (SSSR count). The second kappa shape index (κ2) is 7.25. The molecule has 126 valence electrons. The first-order valence-corrected chi connectivity index (χ1v) is 8.91. The Balaban J connectivity index is 1.86. The van der Waals surface area contributed by atoms with Crippen LogP contribution in [-0.4, -0.2) is 29.2 Å². The summed E-state index contributed by atoms with van der Waals surface area (Å²) in [6.07, 6.45) is 1.77. The normalized spacial score (nSPS) is 15.4. The molecule has 0 atom stereocenters. The first-order chi connectivity index (χ1) is 12.0. The van der Waals surface area contributed by atoms with Crippen LogP contribution in [0.15, 0.2) is 62.9 Å². The van der Waals surface area contributed by atoms with E-state index in [4.69, 9.17) is 0 Å². The second-order valence-corrected chi connectivity index (χ2v) is 7.17. The minimum atomic E-state index is -1.02. The number of amides is 1. The van der Waals surface area contributed by atoms with E-state index < -0.39 is 5.97 Å². The summed E-state index contributed by atoms with van der Waals surface area (Å²) in [6.45, 7) is 0. The van der Waals surface area contributed by atoms with Crippen LogP contribution >= 0.6 is 27.7 Å². The summed E-state index contributed by atoms with van der Waals surface area (Å²) in [5.41, 5.74) is 1.54. The van der Waals surface area contributed by atoms with Crippen LogP contribution in [0, 0.1) is 0 Å². The molecule has 1 amide bonds. The van der Waals surface area contributed by atoms with Gasteiger partial charge < -0.3 is 10.0 Å². The highest BCUT2D eigenvalue weighted by Crippen LogP contribution is 2.33. The molecule has 2 aromatic carbocycles. The third-order valence-electron chi connectivity index (χ3n) is 3.56. The van der Waals surface area contributed by atoms with Gasteiger partial charge in [0.05, 0.1) is 16.2 Å². The van der Waals surface area contributed by atoms with E-state index in [1.807, 2.05) is 24.3 Å². The fourth-order valence-corrected chi connectivity index (χ4v) is 3.45. The monoisotopic (exact) mass is 416 g/mol. The molecule has 0 saturated carbocycles. The van der Waals surface area contributed by atoms with Crippen molar-refractivity contribution in [3.05, 3.63) is 69.0 Å². The van der Waals surface area contributed by atoms with Crippen molar-refractivity contribution in [2.45, 2.75) is 0 Å². The lowest BCUT2D eigenvalue weighted by atomic mass is 10.1. The Morgan fingerprint density at radius 1 is 1.20 bits per heavy atom. The molecule has 0 bridgehead atoms. The Kier molecular flexibility index (Phi) is 5.06. The number of aromatic carboxylic acids is 1. The molecule has 1 N–H and O–H groups in total. The summed E-state index contributed by atoms with van der Waals surface area (Å²) in [4.78, 5) is 29.7. The van der Waals surface area contributed by atoms with Crippen LogP contribution in [0.4, 0.5) is 5.69 Å². The molecular weight excluding hydrogens is 404 g/mol. The van der Waals surface area contributed by atoms with E-state index in [9.17, 15) is 14.7 Å². The molecule has 0 radical (unpaired) electrons. The van der Waals surface area contributed by atoms with Crippen molar-refractivity contribution in [2.24, 2.45) is 4.99 Å². The number of benzene rings is 2. The van der Waals surface area contributed by atoms with Crippen LogP contribution in [0.3, 0.4) is 0 Å². The number of amidine groups is 1. The standard InChI is InChI=1S/C18H13BrN2O3S/c1-21(14-5-3-2-4-13(14)17(23)24)18-20-16(22)15(25-18)10-11-6-8-12(19)9-7-11/h2-10H,1H3,(H,23,24)/b15-10-. The van der Waals surface area contributed by atoms with Gasteiger partial charge in [0.2, 0.25) is 0 Å². The first-order valence-electron chi connectivity index (χ1n) is 7.30. The fraction of sp³-hybridized carbons (Fsp3) is 0.0556. The number of anilines is 1. The fourth-order valence-electron chi connectivity index (χ4n) is 2.30. The average Bonchev–Trinajstić information content (AvgIpc) is 2.97. The molecule has 0 spiro atoms. The van der Waals surface area contributed by atoms with Crippen molar-refractivity contribution in [3.8, 4) is 0 Å². The predicted molar refractivity (Wildman–Crippen MR) is 104 cm³/mol. The largest absolute Gasteiger partial charge is 0.478 e. The highest BCUT2D eigenvalue weighted by atomic mass is 79.9. The van der Waals surface area contributed by atoms with Gasteiger partial charge >= 0.3 is 5.97 Å². The number of carboxylic acids is 1.